The molecule has 1 aliphatic heterocycles. The van der Waals surface area contributed by atoms with Gasteiger partial charge in [-0.05, 0) is 25.3 Å². The third-order valence-electron chi connectivity index (χ3n) is 3.64. The van der Waals surface area contributed by atoms with Crippen LogP contribution in [0.25, 0.3) is 0 Å². The lowest BCUT2D eigenvalue weighted by atomic mass is 9.84. The second-order valence-corrected chi connectivity index (χ2v) is 6.02. The van der Waals surface area contributed by atoms with Crippen molar-refractivity contribution < 1.29 is 14.6 Å². The molecule has 0 aliphatic carbocycles. The highest BCUT2D eigenvalue weighted by atomic mass is 16.7. The zero-order valence-corrected chi connectivity index (χ0v) is 12.2. The van der Waals surface area contributed by atoms with Gasteiger partial charge in [-0.25, -0.2) is 0 Å². The maximum absolute atomic E-state index is 9.75. The summed E-state index contributed by atoms with van der Waals surface area (Å²) in [5.74, 6) is -0.317. The molecule has 1 aliphatic rings. The van der Waals surface area contributed by atoms with Gasteiger partial charge in [-0.3, -0.25) is 0 Å². The van der Waals surface area contributed by atoms with Crippen LogP contribution in [-0.4, -0.2) is 23.6 Å². The Labute approximate surface area is 115 Å². The molecule has 3 atom stereocenters. The first-order chi connectivity index (χ1) is 8.94. The molecular weight excluding hydrogens is 240 g/mol. The van der Waals surface area contributed by atoms with Crippen molar-refractivity contribution in [3.8, 4) is 0 Å². The van der Waals surface area contributed by atoms with Crippen molar-refractivity contribution >= 4 is 0 Å². The first-order valence-corrected chi connectivity index (χ1v) is 6.96. The van der Waals surface area contributed by atoms with E-state index < -0.39 is 5.79 Å². The first-order valence-electron chi connectivity index (χ1n) is 6.96. The summed E-state index contributed by atoms with van der Waals surface area (Å²) in [6.45, 7) is 8.18. The van der Waals surface area contributed by atoms with Crippen molar-refractivity contribution in [2.75, 3.05) is 6.61 Å². The predicted octanol–water partition coefficient (Wildman–Crippen LogP) is 3.14. The average molecular weight is 264 g/mol. The molecule has 0 aromatic heterocycles. The number of hydrogen-bond donors (Lipinski definition) is 1. The van der Waals surface area contributed by atoms with Gasteiger partial charge in [0.15, 0.2) is 5.79 Å². The second kappa shape index (κ2) is 5.61. The standard InChI is InChI=1S/C16H24O3/c1-11(2)14-13(10-17)15(19-16(3,4)18-14)12-8-6-5-7-9-12/h5-9,11,13-15,17H,10H2,1-4H3/t13-,14-,15-/m0/s1. The van der Waals surface area contributed by atoms with Crippen molar-refractivity contribution in [3.05, 3.63) is 35.9 Å². The van der Waals surface area contributed by atoms with Crippen LogP contribution in [0.2, 0.25) is 0 Å². The largest absolute Gasteiger partial charge is 0.396 e. The number of ether oxygens (including phenoxy) is 2. The molecule has 0 amide bonds. The molecule has 1 N–H and O–H groups in total. The van der Waals surface area contributed by atoms with Crippen molar-refractivity contribution in [1.29, 1.82) is 0 Å². The van der Waals surface area contributed by atoms with Gasteiger partial charge < -0.3 is 14.6 Å². The summed E-state index contributed by atoms with van der Waals surface area (Å²) in [7, 11) is 0. The van der Waals surface area contributed by atoms with E-state index in [4.69, 9.17) is 9.47 Å². The molecule has 19 heavy (non-hydrogen) atoms. The fourth-order valence-corrected chi connectivity index (χ4v) is 2.80. The predicted molar refractivity (Wildman–Crippen MR) is 74.6 cm³/mol. The lowest BCUT2D eigenvalue weighted by Crippen LogP contribution is -2.50. The molecule has 0 spiro atoms. The van der Waals surface area contributed by atoms with Crippen LogP contribution in [0.5, 0.6) is 0 Å². The normalized spacial score (nSPS) is 30.5. The second-order valence-electron chi connectivity index (χ2n) is 6.02. The maximum Gasteiger partial charge on any atom is 0.163 e. The molecule has 3 heteroatoms. The number of benzene rings is 1. The molecular formula is C16H24O3. The Bertz CT molecular complexity index is 400. The number of aliphatic hydroxyl groups excluding tert-OH is 1. The highest BCUT2D eigenvalue weighted by molar-refractivity contribution is 5.19. The molecule has 0 saturated carbocycles. The monoisotopic (exact) mass is 264 g/mol. The minimum atomic E-state index is -0.624. The maximum atomic E-state index is 9.75. The van der Waals surface area contributed by atoms with Crippen molar-refractivity contribution in [3.63, 3.8) is 0 Å². The van der Waals surface area contributed by atoms with Gasteiger partial charge in [-0.15, -0.1) is 0 Å². The van der Waals surface area contributed by atoms with Gasteiger partial charge in [0.05, 0.1) is 18.8 Å². The SMILES string of the molecule is CC(C)[C@@H]1OC(C)(C)O[C@@H](c2ccccc2)[C@H]1CO. The van der Waals surface area contributed by atoms with E-state index >= 15 is 0 Å². The Morgan fingerprint density at radius 2 is 1.79 bits per heavy atom. The lowest BCUT2D eigenvalue weighted by molar-refractivity contribution is -0.334. The molecule has 1 saturated heterocycles. The topological polar surface area (TPSA) is 38.7 Å². The Morgan fingerprint density at radius 1 is 1.16 bits per heavy atom. The minimum absolute atomic E-state index is 0.000967. The van der Waals surface area contributed by atoms with Crippen LogP contribution in [0.1, 0.15) is 39.4 Å². The van der Waals surface area contributed by atoms with Crippen LogP contribution >= 0.6 is 0 Å². The van der Waals surface area contributed by atoms with Gasteiger partial charge >= 0.3 is 0 Å². The first kappa shape index (κ1) is 14.5. The van der Waals surface area contributed by atoms with E-state index in [1.165, 1.54) is 0 Å². The van der Waals surface area contributed by atoms with E-state index in [0.717, 1.165) is 5.56 Å². The summed E-state index contributed by atoms with van der Waals surface area (Å²) < 4.78 is 12.1. The fraction of sp³-hybridized carbons (Fsp3) is 0.625. The van der Waals surface area contributed by atoms with Gasteiger partial charge in [-0.2, -0.15) is 0 Å². The van der Waals surface area contributed by atoms with Crippen LogP contribution in [0, 0.1) is 11.8 Å². The van der Waals surface area contributed by atoms with Crippen molar-refractivity contribution in [2.45, 2.75) is 45.7 Å². The summed E-state index contributed by atoms with van der Waals surface area (Å²) in [5, 5.41) is 9.75. The van der Waals surface area contributed by atoms with Crippen LogP contribution in [0.15, 0.2) is 30.3 Å². The summed E-state index contributed by atoms with van der Waals surface area (Å²) in [6.07, 6.45) is -0.124. The van der Waals surface area contributed by atoms with Crippen LogP contribution in [-0.2, 0) is 9.47 Å². The molecule has 3 nitrogen and oxygen atoms in total. The number of hydrogen-bond acceptors (Lipinski definition) is 3. The zero-order chi connectivity index (χ0) is 14.0. The molecule has 0 unspecified atom stereocenters. The molecule has 1 aromatic rings. The van der Waals surface area contributed by atoms with E-state index in [9.17, 15) is 5.11 Å². The fourth-order valence-electron chi connectivity index (χ4n) is 2.80. The average Bonchev–Trinajstić information content (AvgIpc) is 2.38. The smallest absolute Gasteiger partial charge is 0.163 e. The van der Waals surface area contributed by atoms with Gasteiger partial charge in [0.25, 0.3) is 0 Å². The third kappa shape index (κ3) is 3.16. The van der Waals surface area contributed by atoms with Crippen LogP contribution in [0.3, 0.4) is 0 Å². The Morgan fingerprint density at radius 3 is 2.32 bits per heavy atom. The molecule has 106 valence electrons. The van der Waals surface area contributed by atoms with E-state index in [0.29, 0.717) is 5.92 Å². The third-order valence-corrected chi connectivity index (χ3v) is 3.64. The zero-order valence-electron chi connectivity index (χ0n) is 12.2. The summed E-state index contributed by atoms with van der Waals surface area (Å²) >= 11 is 0. The van der Waals surface area contributed by atoms with Crippen LogP contribution < -0.4 is 0 Å². The molecule has 1 fully saturated rings. The molecule has 2 rings (SSSR count). The minimum Gasteiger partial charge on any atom is -0.396 e. The summed E-state index contributed by atoms with van der Waals surface area (Å²) in [5.41, 5.74) is 1.10. The highest BCUT2D eigenvalue weighted by Crippen LogP contribution is 2.42. The molecule has 0 radical (unpaired) electrons. The van der Waals surface area contributed by atoms with E-state index in [2.05, 4.69) is 13.8 Å². The van der Waals surface area contributed by atoms with Crippen molar-refractivity contribution in [1.82, 2.24) is 0 Å². The van der Waals surface area contributed by atoms with E-state index in [1.54, 1.807) is 0 Å². The Kier molecular flexibility index (Phi) is 4.29. The van der Waals surface area contributed by atoms with E-state index in [1.807, 2.05) is 44.2 Å². The quantitative estimate of drug-likeness (QED) is 0.911. The van der Waals surface area contributed by atoms with Gasteiger partial charge in [0, 0.05) is 5.92 Å². The molecule has 1 heterocycles. The van der Waals surface area contributed by atoms with E-state index in [-0.39, 0.29) is 24.7 Å². The highest BCUT2D eigenvalue weighted by Gasteiger charge is 2.44. The van der Waals surface area contributed by atoms with Gasteiger partial charge in [-0.1, -0.05) is 44.2 Å². The van der Waals surface area contributed by atoms with Gasteiger partial charge in [0.1, 0.15) is 0 Å². The number of aliphatic hydroxyl groups is 1. The Balaban J connectivity index is 2.33. The summed E-state index contributed by atoms with van der Waals surface area (Å²) in [4.78, 5) is 0. The molecule has 1 aromatic carbocycles. The summed E-state index contributed by atoms with van der Waals surface area (Å²) in [6, 6.07) is 10.1. The number of rotatable bonds is 3. The lowest BCUT2D eigenvalue weighted by Gasteiger charge is -2.47. The van der Waals surface area contributed by atoms with Crippen LogP contribution in [0.4, 0.5) is 0 Å². The Hall–Kier alpha value is -0.900. The van der Waals surface area contributed by atoms with Gasteiger partial charge in [0.2, 0.25) is 0 Å². The van der Waals surface area contributed by atoms with Crippen molar-refractivity contribution in [2.24, 2.45) is 11.8 Å². The molecule has 0 bridgehead atoms.